The monoisotopic (exact) mass is 361 g/mol. The number of hydrogen-bond donors (Lipinski definition) is 4. The third kappa shape index (κ3) is 3.24. The fourth-order valence-electron chi connectivity index (χ4n) is 4.67. The molecule has 3 aliphatic heterocycles. The second-order valence-corrected chi connectivity index (χ2v) is 8.07. The molecule has 1 amide bonds. The average molecular weight is 361 g/mol. The molecule has 1 aromatic rings. The van der Waals surface area contributed by atoms with Crippen LogP contribution in [0.25, 0.3) is 0 Å². The van der Waals surface area contributed by atoms with E-state index in [0.717, 1.165) is 25.1 Å². The average Bonchev–Trinajstić information content (AvgIpc) is 3.27. The van der Waals surface area contributed by atoms with Gasteiger partial charge in [-0.3, -0.25) is 21.1 Å². The van der Waals surface area contributed by atoms with Gasteiger partial charge in [0, 0.05) is 37.6 Å². The molecule has 7 heteroatoms. The molecule has 6 nitrogen and oxygen atoms in total. The van der Waals surface area contributed by atoms with Gasteiger partial charge in [0.2, 0.25) is 5.91 Å². The van der Waals surface area contributed by atoms with E-state index >= 15 is 0 Å². The van der Waals surface area contributed by atoms with E-state index in [4.69, 9.17) is 0 Å². The molecule has 3 heterocycles. The second-order valence-electron chi connectivity index (χ2n) is 8.07. The number of carbonyl (C=O) groups is 1. The summed E-state index contributed by atoms with van der Waals surface area (Å²) in [6.45, 7) is 6.54. The number of hydrogen-bond acceptors (Lipinski definition) is 5. The van der Waals surface area contributed by atoms with Crippen LogP contribution in [0.3, 0.4) is 0 Å². The molecule has 5 unspecified atom stereocenters. The number of amides is 1. The van der Waals surface area contributed by atoms with Crippen molar-refractivity contribution in [2.45, 2.75) is 38.4 Å². The number of fused-ring (bicyclic) bond motifs is 1. The summed E-state index contributed by atoms with van der Waals surface area (Å²) in [6.07, 6.45) is 0.963. The van der Waals surface area contributed by atoms with Gasteiger partial charge in [-0.2, -0.15) is 0 Å². The van der Waals surface area contributed by atoms with Crippen LogP contribution in [0.5, 0.6) is 0 Å². The highest BCUT2D eigenvalue weighted by atomic mass is 19.1. The fourth-order valence-corrected chi connectivity index (χ4v) is 4.67. The number of piperidine rings is 1. The lowest BCUT2D eigenvalue weighted by Gasteiger charge is -2.38. The SMILES string of the molecule is CC(C)C1NNC2CCN(C(=O)C3CNNC3c3cccc(F)c3)CC21. The van der Waals surface area contributed by atoms with Crippen LogP contribution < -0.4 is 21.7 Å². The van der Waals surface area contributed by atoms with Crippen LogP contribution in [0, 0.1) is 23.6 Å². The van der Waals surface area contributed by atoms with Crippen LogP contribution >= 0.6 is 0 Å². The van der Waals surface area contributed by atoms with Crippen LogP contribution in [-0.4, -0.2) is 42.5 Å². The van der Waals surface area contributed by atoms with Crippen molar-refractivity contribution in [1.82, 2.24) is 26.6 Å². The van der Waals surface area contributed by atoms with Gasteiger partial charge in [-0.05, 0) is 30.0 Å². The molecule has 142 valence electrons. The van der Waals surface area contributed by atoms with E-state index < -0.39 is 0 Å². The maximum atomic E-state index is 13.6. The predicted molar refractivity (Wildman–Crippen MR) is 97.1 cm³/mol. The number of nitrogens with zero attached hydrogens (tertiary/aromatic N) is 1. The third-order valence-corrected chi connectivity index (χ3v) is 6.09. The summed E-state index contributed by atoms with van der Waals surface area (Å²) in [7, 11) is 0. The normalized spacial score (nSPS) is 34.3. The Morgan fingerprint density at radius 3 is 2.88 bits per heavy atom. The fraction of sp³-hybridized carbons (Fsp3) is 0.632. The number of hydrazine groups is 2. The first-order valence-electron chi connectivity index (χ1n) is 9.58. The Hall–Kier alpha value is -1.54. The molecule has 3 fully saturated rings. The van der Waals surface area contributed by atoms with E-state index in [0.29, 0.717) is 30.5 Å². The van der Waals surface area contributed by atoms with Crippen LogP contribution in [0.4, 0.5) is 4.39 Å². The highest BCUT2D eigenvalue weighted by Crippen LogP contribution is 2.32. The second kappa shape index (κ2) is 7.23. The Labute approximate surface area is 153 Å². The van der Waals surface area contributed by atoms with Crippen molar-refractivity contribution < 1.29 is 9.18 Å². The number of halogens is 1. The molecule has 0 spiro atoms. The zero-order valence-electron chi connectivity index (χ0n) is 15.3. The molecule has 5 atom stereocenters. The topological polar surface area (TPSA) is 68.4 Å². The summed E-state index contributed by atoms with van der Waals surface area (Å²) in [5.41, 5.74) is 13.9. The van der Waals surface area contributed by atoms with Crippen molar-refractivity contribution in [3.05, 3.63) is 35.6 Å². The molecular formula is C19H28FN5O. The van der Waals surface area contributed by atoms with Gasteiger partial charge in [0.05, 0.1) is 12.0 Å². The quantitative estimate of drug-likeness (QED) is 0.645. The smallest absolute Gasteiger partial charge is 0.229 e. The molecule has 4 N–H and O–H groups in total. The standard InChI is InChI=1S/C19H28FN5O/c1-11(2)17-15-10-25(7-6-16(15)22-24-17)19(26)14-9-21-23-18(14)12-4-3-5-13(20)8-12/h3-5,8,11,14-18,21-24H,6-7,9-10H2,1-2H3. The van der Waals surface area contributed by atoms with Crippen LogP contribution in [0.15, 0.2) is 24.3 Å². The van der Waals surface area contributed by atoms with Crippen molar-refractivity contribution >= 4 is 5.91 Å². The number of benzene rings is 1. The number of carbonyl (C=O) groups excluding carboxylic acids is 1. The molecule has 4 rings (SSSR count). The molecular weight excluding hydrogens is 333 g/mol. The molecule has 1 aromatic carbocycles. The highest BCUT2D eigenvalue weighted by Gasteiger charge is 2.44. The Balaban J connectivity index is 1.48. The summed E-state index contributed by atoms with van der Waals surface area (Å²) in [6, 6.07) is 7.13. The summed E-state index contributed by atoms with van der Waals surface area (Å²) in [5, 5.41) is 0. The van der Waals surface area contributed by atoms with E-state index in [-0.39, 0.29) is 23.7 Å². The van der Waals surface area contributed by atoms with Gasteiger partial charge < -0.3 is 4.90 Å². The van der Waals surface area contributed by atoms with E-state index in [1.807, 2.05) is 11.0 Å². The maximum Gasteiger partial charge on any atom is 0.229 e. The number of nitrogens with one attached hydrogen (secondary N) is 4. The van der Waals surface area contributed by atoms with Gasteiger partial charge in [-0.25, -0.2) is 9.82 Å². The van der Waals surface area contributed by atoms with Crippen LogP contribution in [-0.2, 0) is 4.79 Å². The molecule has 3 saturated heterocycles. The minimum absolute atomic E-state index is 0.157. The molecule has 26 heavy (non-hydrogen) atoms. The Morgan fingerprint density at radius 1 is 1.27 bits per heavy atom. The Morgan fingerprint density at radius 2 is 2.12 bits per heavy atom. The van der Waals surface area contributed by atoms with Crippen LogP contribution in [0.2, 0.25) is 0 Å². The minimum Gasteiger partial charge on any atom is -0.342 e. The van der Waals surface area contributed by atoms with Crippen molar-refractivity contribution in [3.63, 3.8) is 0 Å². The highest BCUT2D eigenvalue weighted by molar-refractivity contribution is 5.80. The van der Waals surface area contributed by atoms with Gasteiger partial charge in [-0.15, -0.1) is 0 Å². The number of likely N-dealkylation sites (tertiary alicyclic amines) is 1. The zero-order chi connectivity index (χ0) is 18.3. The summed E-state index contributed by atoms with van der Waals surface area (Å²) < 4.78 is 13.6. The van der Waals surface area contributed by atoms with Crippen molar-refractivity contribution in [1.29, 1.82) is 0 Å². The molecule has 0 bridgehead atoms. The largest absolute Gasteiger partial charge is 0.342 e. The Bertz CT molecular complexity index is 669. The summed E-state index contributed by atoms with van der Waals surface area (Å²) in [4.78, 5) is 15.3. The van der Waals surface area contributed by atoms with Gasteiger partial charge in [0.25, 0.3) is 0 Å². The lowest BCUT2D eigenvalue weighted by molar-refractivity contribution is -0.137. The zero-order valence-corrected chi connectivity index (χ0v) is 15.3. The number of rotatable bonds is 3. The first kappa shape index (κ1) is 17.9. The molecule has 3 aliphatic rings. The lowest BCUT2D eigenvalue weighted by Crippen LogP contribution is -2.51. The summed E-state index contributed by atoms with van der Waals surface area (Å²) >= 11 is 0. The first-order valence-corrected chi connectivity index (χ1v) is 9.58. The van der Waals surface area contributed by atoms with Gasteiger partial charge in [0.1, 0.15) is 5.82 Å². The van der Waals surface area contributed by atoms with E-state index in [1.54, 1.807) is 6.07 Å². The molecule has 0 aromatic heterocycles. The lowest BCUT2D eigenvalue weighted by atomic mass is 9.82. The van der Waals surface area contributed by atoms with Crippen molar-refractivity contribution in [2.24, 2.45) is 17.8 Å². The van der Waals surface area contributed by atoms with Crippen molar-refractivity contribution in [2.75, 3.05) is 19.6 Å². The first-order chi connectivity index (χ1) is 12.5. The summed E-state index contributed by atoms with van der Waals surface area (Å²) in [5.74, 6) is 0.619. The third-order valence-electron chi connectivity index (χ3n) is 6.09. The van der Waals surface area contributed by atoms with Crippen molar-refractivity contribution in [3.8, 4) is 0 Å². The predicted octanol–water partition coefficient (Wildman–Crippen LogP) is 0.940. The minimum atomic E-state index is -0.272. The molecule has 0 saturated carbocycles. The Kier molecular flexibility index (Phi) is 4.96. The van der Waals surface area contributed by atoms with E-state index in [1.165, 1.54) is 12.1 Å². The van der Waals surface area contributed by atoms with Gasteiger partial charge in [0.15, 0.2) is 0 Å². The van der Waals surface area contributed by atoms with Crippen LogP contribution in [0.1, 0.15) is 31.9 Å². The maximum absolute atomic E-state index is 13.6. The molecule has 0 radical (unpaired) electrons. The van der Waals surface area contributed by atoms with E-state index in [9.17, 15) is 9.18 Å². The van der Waals surface area contributed by atoms with Gasteiger partial charge in [-0.1, -0.05) is 26.0 Å². The van der Waals surface area contributed by atoms with E-state index in [2.05, 4.69) is 35.6 Å². The molecule has 0 aliphatic carbocycles. The van der Waals surface area contributed by atoms with Gasteiger partial charge >= 0.3 is 0 Å².